The molecule has 4 heterocycles. The third-order valence-corrected chi connectivity index (χ3v) is 8.52. The fraction of sp³-hybridized carbons (Fsp3) is 0.464. The monoisotopic (exact) mass is 549 g/mol. The highest BCUT2D eigenvalue weighted by Gasteiger charge is 2.49. The number of hydrogen-bond acceptors (Lipinski definition) is 7. The average molecular weight is 550 g/mol. The van der Waals surface area contributed by atoms with Crippen LogP contribution >= 0.6 is 0 Å². The van der Waals surface area contributed by atoms with Crippen molar-refractivity contribution < 1.29 is 23.5 Å². The zero-order valence-corrected chi connectivity index (χ0v) is 22.0. The number of carbonyl (C=O) groups is 2. The van der Waals surface area contributed by atoms with Gasteiger partial charge in [-0.2, -0.15) is 10.4 Å². The van der Waals surface area contributed by atoms with Gasteiger partial charge in [0.1, 0.15) is 12.1 Å². The summed E-state index contributed by atoms with van der Waals surface area (Å²) in [6, 6.07) is 8.22. The Morgan fingerprint density at radius 3 is 2.45 bits per heavy atom. The highest BCUT2D eigenvalue weighted by atomic mass is 19.3. The van der Waals surface area contributed by atoms with Gasteiger partial charge in [0, 0.05) is 11.7 Å². The third kappa shape index (κ3) is 4.64. The van der Waals surface area contributed by atoms with Gasteiger partial charge in [0.15, 0.2) is 0 Å². The van der Waals surface area contributed by atoms with E-state index in [0.29, 0.717) is 47.4 Å². The Morgan fingerprint density at radius 1 is 1.10 bits per heavy atom. The molecular formula is C28H29F2N7O3. The lowest BCUT2D eigenvalue weighted by Crippen LogP contribution is -2.62. The lowest BCUT2D eigenvalue weighted by atomic mass is 9.63. The lowest BCUT2D eigenvalue weighted by molar-refractivity contribution is -0.167. The number of amides is 2. The first kappa shape index (κ1) is 26.1. The number of nitriles is 1. The van der Waals surface area contributed by atoms with Crippen LogP contribution in [0.3, 0.4) is 0 Å². The summed E-state index contributed by atoms with van der Waals surface area (Å²) in [6.45, 7) is 0.166. The SMILES string of the molecule is C[C@H](NC(=O)c1cnc(-c2ccc3cc(C#N)cnn23)cc1NC12CCC(O)(CC1)CC2)C(=O)N1CC(F)(F)C1. The number of fused-ring (bicyclic) bond motifs is 4. The molecule has 208 valence electrons. The summed E-state index contributed by atoms with van der Waals surface area (Å²) < 4.78 is 28.2. The predicted octanol–water partition coefficient (Wildman–Crippen LogP) is 3.11. The third-order valence-electron chi connectivity index (χ3n) is 8.52. The number of nitrogens with one attached hydrogen (secondary N) is 2. The normalized spacial score (nSPS) is 25.6. The number of hydrogen-bond donors (Lipinski definition) is 3. The Morgan fingerprint density at radius 2 is 1.80 bits per heavy atom. The fourth-order valence-corrected chi connectivity index (χ4v) is 6.05. The van der Waals surface area contributed by atoms with E-state index in [2.05, 4.69) is 26.8 Å². The molecule has 1 atom stereocenters. The summed E-state index contributed by atoms with van der Waals surface area (Å²) in [6.07, 6.45) is 7.13. The Labute approximate surface area is 229 Å². The Hall–Kier alpha value is -4.11. The zero-order valence-electron chi connectivity index (χ0n) is 22.0. The summed E-state index contributed by atoms with van der Waals surface area (Å²) in [5, 5.41) is 30.5. The molecule has 7 rings (SSSR count). The van der Waals surface area contributed by atoms with Gasteiger partial charge in [-0.25, -0.2) is 13.3 Å². The lowest BCUT2D eigenvalue weighted by Gasteiger charge is -2.51. The van der Waals surface area contributed by atoms with Crippen LogP contribution in [0.15, 0.2) is 36.7 Å². The minimum Gasteiger partial charge on any atom is -0.390 e. The van der Waals surface area contributed by atoms with Crippen molar-refractivity contribution in [2.24, 2.45) is 0 Å². The minimum absolute atomic E-state index is 0.221. The second-order valence-corrected chi connectivity index (χ2v) is 11.4. The van der Waals surface area contributed by atoms with E-state index in [1.165, 1.54) is 19.3 Å². The number of anilines is 1. The maximum Gasteiger partial charge on any atom is 0.282 e. The van der Waals surface area contributed by atoms with Crippen molar-refractivity contribution in [1.29, 1.82) is 5.26 Å². The molecular weight excluding hydrogens is 520 g/mol. The second kappa shape index (κ2) is 9.23. The molecule has 4 aliphatic rings. The van der Waals surface area contributed by atoms with Crippen molar-refractivity contribution in [3.63, 3.8) is 0 Å². The number of halogens is 2. The van der Waals surface area contributed by atoms with Crippen LogP contribution in [0, 0.1) is 11.3 Å². The smallest absolute Gasteiger partial charge is 0.282 e. The maximum absolute atomic E-state index is 13.4. The van der Waals surface area contributed by atoms with Crippen molar-refractivity contribution >= 4 is 23.0 Å². The summed E-state index contributed by atoms with van der Waals surface area (Å²) >= 11 is 0. The average Bonchev–Trinajstić information content (AvgIpc) is 3.35. The molecule has 3 aromatic heterocycles. The van der Waals surface area contributed by atoms with Gasteiger partial charge in [-0.05, 0) is 69.7 Å². The van der Waals surface area contributed by atoms with Crippen LogP contribution in [0.1, 0.15) is 61.4 Å². The second-order valence-electron chi connectivity index (χ2n) is 11.4. The number of nitrogens with zero attached hydrogens (tertiary/aromatic N) is 5. The number of alkyl halides is 2. The number of aliphatic hydroxyl groups is 1. The molecule has 3 aliphatic carbocycles. The summed E-state index contributed by atoms with van der Waals surface area (Å²) in [7, 11) is 0. The van der Waals surface area contributed by atoms with Gasteiger partial charge in [-0.3, -0.25) is 14.6 Å². The summed E-state index contributed by atoms with van der Waals surface area (Å²) in [4.78, 5) is 31.6. The van der Waals surface area contributed by atoms with E-state index < -0.39 is 42.5 Å². The molecule has 0 spiro atoms. The maximum atomic E-state index is 13.4. The molecule has 0 unspecified atom stereocenters. The summed E-state index contributed by atoms with van der Waals surface area (Å²) in [5.41, 5.74) is 2.16. The number of likely N-dealkylation sites (tertiary alicyclic amines) is 1. The Balaban J connectivity index is 1.31. The van der Waals surface area contributed by atoms with Crippen LogP contribution in [0.4, 0.5) is 14.5 Å². The highest BCUT2D eigenvalue weighted by Crippen LogP contribution is 2.48. The fourth-order valence-electron chi connectivity index (χ4n) is 6.05. The molecule has 1 aliphatic heterocycles. The molecule has 3 aromatic rings. The Bertz CT molecular complexity index is 1530. The van der Waals surface area contributed by atoms with Gasteiger partial charge in [-0.15, -0.1) is 0 Å². The molecule has 3 saturated carbocycles. The first-order valence-corrected chi connectivity index (χ1v) is 13.4. The van der Waals surface area contributed by atoms with Crippen molar-refractivity contribution in [1.82, 2.24) is 24.8 Å². The molecule has 2 amide bonds. The van der Waals surface area contributed by atoms with E-state index in [1.54, 1.807) is 16.6 Å². The van der Waals surface area contributed by atoms with Crippen molar-refractivity contribution in [3.05, 3.63) is 47.8 Å². The zero-order chi connectivity index (χ0) is 28.3. The van der Waals surface area contributed by atoms with Gasteiger partial charge in [0.25, 0.3) is 11.8 Å². The van der Waals surface area contributed by atoms with Crippen LogP contribution in [0.5, 0.6) is 0 Å². The first-order valence-electron chi connectivity index (χ1n) is 13.4. The van der Waals surface area contributed by atoms with E-state index in [4.69, 9.17) is 0 Å². The largest absolute Gasteiger partial charge is 0.390 e. The topological polar surface area (TPSA) is 136 Å². The van der Waals surface area contributed by atoms with Crippen LogP contribution in [0.2, 0.25) is 0 Å². The summed E-state index contributed by atoms with van der Waals surface area (Å²) in [5.74, 6) is -4.01. The predicted molar refractivity (Wildman–Crippen MR) is 141 cm³/mol. The van der Waals surface area contributed by atoms with Crippen LogP contribution in [-0.4, -0.2) is 72.6 Å². The molecule has 0 aromatic carbocycles. The van der Waals surface area contributed by atoms with E-state index >= 15 is 0 Å². The standard InChI is InChI=1S/C28H29F2N7O3/c1-17(25(39)36-15-28(29,30)16-36)34-24(38)20-14-32-22(23-3-2-19-10-18(12-31)13-33-37(19)23)11-21(20)35-26-4-7-27(40,8-5-26)9-6-26/h2-3,10-11,13-14,17,40H,4-9,15-16H2,1H3,(H,32,35)(H,34,38)/t17-,26?,27?/m0/s1. The quantitative estimate of drug-likeness (QED) is 0.430. The molecule has 2 bridgehead atoms. The molecule has 40 heavy (non-hydrogen) atoms. The number of rotatable bonds is 6. The Kier molecular flexibility index (Phi) is 6.03. The molecule has 0 radical (unpaired) electrons. The van der Waals surface area contributed by atoms with E-state index in [0.717, 1.165) is 24.2 Å². The molecule has 12 heteroatoms. The first-order chi connectivity index (χ1) is 19.0. The van der Waals surface area contributed by atoms with Crippen LogP contribution in [-0.2, 0) is 4.79 Å². The van der Waals surface area contributed by atoms with Crippen molar-refractivity contribution in [3.8, 4) is 17.5 Å². The van der Waals surface area contributed by atoms with Gasteiger partial charge >= 0.3 is 0 Å². The molecule has 10 nitrogen and oxygen atoms in total. The molecule has 4 fully saturated rings. The minimum atomic E-state index is -2.89. The van der Waals surface area contributed by atoms with Crippen molar-refractivity contribution in [2.45, 2.75) is 68.6 Å². The van der Waals surface area contributed by atoms with E-state index in [-0.39, 0.29) is 11.1 Å². The van der Waals surface area contributed by atoms with Crippen LogP contribution < -0.4 is 10.6 Å². The highest BCUT2D eigenvalue weighted by molar-refractivity contribution is 6.02. The van der Waals surface area contributed by atoms with E-state index in [9.17, 15) is 28.7 Å². The van der Waals surface area contributed by atoms with Gasteiger partial charge in [0.2, 0.25) is 5.91 Å². The van der Waals surface area contributed by atoms with E-state index in [1.807, 2.05) is 12.1 Å². The van der Waals surface area contributed by atoms with Crippen molar-refractivity contribution in [2.75, 3.05) is 18.4 Å². The van der Waals surface area contributed by atoms with Gasteiger partial charge in [-0.1, -0.05) is 0 Å². The van der Waals surface area contributed by atoms with Gasteiger partial charge < -0.3 is 20.6 Å². The number of carbonyl (C=O) groups excluding carboxylic acids is 2. The molecule has 3 N–H and O–H groups in total. The van der Waals surface area contributed by atoms with Crippen LogP contribution in [0.25, 0.3) is 16.9 Å². The number of pyridine rings is 1. The van der Waals surface area contributed by atoms with Gasteiger partial charge in [0.05, 0.1) is 58.6 Å². The number of aromatic nitrogens is 3. The molecule has 1 saturated heterocycles.